The molecule has 3 heterocycles. The van der Waals surface area contributed by atoms with Gasteiger partial charge in [-0.05, 0) is 32.9 Å². The second kappa shape index (κ2) is 5.98. The van der Waals surface area contributed by atoms with Crippen LogP contribution >= 0.6 is 0 Å². The summed E-state index contributed by atoms with van der Waals surface area (Å²) >= 11 is 0. The number of likely N-dealkylation sites (tertiary alicyclic amines) is 1. The lowest BCUT2D eigenvalue weighted by Gasteiger charge is -2.39. The average molecular weight is 316 g/mol. The highest BCUT2D eigenvalue weighted by Gasteiger charge is 2.34. The molecule has 1 amide bonds. The molecule has 0 bridgehead atoms. The molecule has 0 N–H and O–H groups in total. The quantitative estimate of drug-likeness (QED) is 0.865. The van der Waals surface area contributed by atoms with Crippen molar-refractivity contribution in [3.05, 3.63) is 30.4 Å². The number of hydrogen-bond acceptors (Lipinski definition) is 6. The molecule has 1 aliphatic heterocycles. The summed E-state index contributed by atoms with van der Waals surface area (Å²) in [6, 6.07) is 3.71. The molecular weight excluding hydrogens is 296 g/mol. The highest BCUT2D eigenvalue weighted by molar-refractivity contribution is 5.69. The first-order valence-electron chi connectivity index (χ1n) is 7.61. The minimum absolute atomic E-state index is 0.268. The number of pyridine rings is 1. The minimum Gasteiger partial charge on any atom is -0.444 e. The lowest BCUT2D eigenvalue weighted by molar-refractivity contribution is -0.00186. The topological polar surface area (TPSA) is 81.4 Å². The van der Waals surface area contributed by atoms with E-state index in [-0.39, 0.29) is 6.09 Å². The summed E-state index contributed by atoms with van der Waals surface area (Å²) in [6.45, 7) is 6.89. The van der Waals surface area contributed by atoms with Crippen molar-refractivity contribution in [3.63, 3.8) is 0 Å². The maximum absolute atomic E-state index is 11.9. The van der Waals surface area contributed by atoms with Gasteiger partial charge in [0.05, 0.1) is 0 Å². The third-order valence-electron chi connectivity index (χ3n) is 3.46. The second-order valence-corrected chi connectivity index (χ2v) is 6.71. The lowest BCUT2D eigenvalue weighted by atomic mass is 9.97. The summed E-state index contributed by atoms with van der Waals surface area (Å²) in [5, 5.41) is 3.97. The van der Waals surface area contributed by atoms with Crippen LogP contribution in [0.1, 0.15) is 26.7 Å². The van der Waals surface area contributed by atoms with Crippen molar-refractivity contribution >= 4 is 6.09 Å². The molecule has 7 heteroatoms. The second-order valence-electron chi connectivity index (χ2n) is 6.71. The van der Waals surface area contributed by atoms with E-state index in [1.54, 1.807) is 17.3 Å². The van der Waals surface area contributed by atoms with E-state index in [1.807, 2.05) is 32.9 Å². The Hall–Kier alpha value is -2.44. The van der Waals surface area contributed by atoms with Gasteiger partial charge in [-0.15, -0.1) is 0 Å². The van der Waals surface area contributed by atoms with Gasteiger partial charge in [0.15, 0.2) is 0 Å². The number of carbonyl (C=O) groups excluding carboxylic acids is 1. The van der Waals surface area contributed by atoms with Crippen LogP contribution in [0.5, 0.6) is 0 Å². The van der Waals surface area contributed by atoms with Crippen LogP contribution in [0.15, 0.2) is 29.0 Å². The van der Waals surface area contributed by atoms with E-state index in [0.29, 0.717) is 37.1 Å². The van der Waals surface area contributed by atoms with Gasteiger partial charge in [0.25, 0.3) is 0 Å². The largest absolute Gasteiger partial charge is 0.444 e. The van der Waals surface area contributed by atoms with Crippen LogP contribution in [0.4, 0.5) is 4.79 Å². The molecule has 1 aliphatic rings. The van der Waals surface area contributed by atoms with E-state index in [9.17, 15) is 4.79 Å². The van der Waals surface area contributed by atoms with Crippen LogP contribution in [0.25, 0.3) is 11.4 Å². The summed E-state index contributed by atoms with van der Waals surface area (Å²) < 4.78 is 10.6. The molecule has 23 heavy (non-hydrogen) atoms. The minimum atomic E-state index is -0.465. The van der Waals surface area contributed by atoms with Gasteiger partial charge in [-0.3, -0.25) is 4.98 Å². The van der Waals surface area contributed by atoms with E-state index < -0.39 is 5.60 Å². The molecule has 0 spiro atoms. The fourth-order valence-corrected chi connectivity index (χ4v) is 2.37. The van der Waals surface area contributed by atoms with Crippen molar-refractivity contribution in [3.8, 4) is 11.4 Å². The van der Waals surface area contributed by atoms with Crippen molar-refractivity contribution in [2.45, 2.75) is 32.8 Å². The van der Waals surface area contributed by atoms with E-state index in [1.165, 1.54) is 0 Å². The van der Waals surface area contributed by atoms with Crippen molar-refractivity contribution in [2.24, 2.45) is 5.92 Å². The van der Waals surface area contributed by atoms with Crippen molar-refractivity contribution in [1.82, 2.24) is 20.0 Å². The predicted octanol–water partition coefficient (Wildman–Crippen LogP) is 2.54. The Morgan fingerprint density at radius 2 is 2.22 bits per heavy atom. The standard InChI is InChI=1S/C16H20N4O3/c1-16(2,3)22-15(21)20-9-11(10-20)7-13-18-14(19-23-13)12-5-4-6-17-8-12/h4-6,8,11H,7,9-10H2,1-3H3. The summed E-state index contributed by atoms with van der Waals surface area (Å²) in [7, 11) is 0. The molecule has 7 nitrogen and oxygen atoms in total. The van der Waals surface area contributed by atoms with Crippen LogP contribution in [0.3, 0.4) is 0 Å². The zero-order valence-corrected chi connectivity index (χ0v) is 13.5. The molecule has 0 atom stereocenters. The summed E-state index contributed by atoms with van der Waals surface area (Å²) in [6.07, 6.45) is 3.79. The van der Waals surface area contributed by atoms with Gasteiger partial charge in [-0.25, -0.2) is 4.79 Å². The molecule has 1 fully saturated rings. The first kappa shape index (κ1) is 15.5. The summed E-state index contributed by atoms with van der Waals surface area (Å²) in [5.41, 5.74) is 0.360. The summed E-state index contributed by atoms with van der Waals surface area (Å²) in [4.78, 5) is 22.0. The van der Waals surface area contributed by atoms with Gasteiger partial charge in [0.2, 0.25) is 11.7 Å². The van der Waals surface area contributed by atoms with Crippen molar-refractivity contribution < 1.29 is 14.1 Å². The smallest absolute Gasteiger partial charge is 0.410 e. The molecule has 0 radical (unpaired) electrons. The number of ether oxygens (including phenoxy) is 1. The van der Waals surface area contributed by atoms with Crippen LogP contribution in [0.2, 0.25) is 0 Å². The van der Waals surface area contributed by atoms with Crippen molar-refractivity contribution in [1.29, 1.82) is 0 Å². The molecule has 0 unspecified atom stereocenters. The number of hydrogen-bond donors (Lipinski definition) is 0. The van der Waals surface area contributed by atoms with E-state index in [0.717, 1.165) is 5.56 Å². The number of nitrogens with zero attached hydrogens (tertiary/aromatic N) is 4. The molecule has 122 valence electrons. The Morgan fingerprint density at radius 1 is 1.43 bits per heavy atom. The lowest BCUT2D eigenvalue weighted by Crippen LogP contribution is -2.52. The first-order valence-corrected chi connectivity index (χ1v) is 7.61. The van der Waals surface area contributed by atoms with E-state index in [4.69, 9.17) is 9.26 Å². The number of amides is 1. The summed E-state index contributed by atoms with van der Waals surface area (Å²) in [5.74, 6) is 1.44. The molecule has 1 saturated heterocycles. The molecular formula is C16H20N4O3. The van der Waals surface area contributed by atoms with Gasteiger partial charge in [0.1, 0.15) is 5.60 Å². The molecule has 3 rings (SSSR count). The zero-order chi connectivity index (χ0) is 16.4. The number of rotatable bonds is 3. The zero-order valence-electron chi connectivity index (χ0n) is 13.5. The fraction of sp³-hybridized carbons (Fsp3) is 0.500. The monoisotopic (exact) mass is 316 g/mol. The Labute approximate surface area is 134 Å². The average Bonchev–Trinajstić information content (AvgIpc) is 2.90. The maximum atomic E-state index is 11.9. The van der Waals surface area contributed by atoms with Gasteiger partial charge in [-0.2, -0.15) is 4.98 Å². The van der Waals surface area contributed by atoms with Gasteiger partial charge in [0, 0.05) is 43.4 Å². The van der Waals surface area contributed by atoms with Gasteiger partial charge >= 0.3 is 6.09 Å². The van der Waals surface area contributed by atoms with Crippen molar-refractivity contribution in [2.75, 3.05) is 13.1 Å². The Kier molecular flexibility index (Phi) is 4.02. The predicted molar refractivity (Wildman–Crippen MR) is 82.5 cm³/mol. The molecule has 0 aliphatic carbocycles. The Bertz CT molecular complexity index is 672. The van der Waals surface area contributed by atoms with Crippen LogP contribution in [0, 0.1) is 5.92 Å². The van der Waals surface area contributed by atoms with E-state index >= 15 is 0 Å². The normalized spacial score (nSPS) is 15.3. The molecule has 0 aromatic carbocycles. The van der Waals surface area contributed by atoms with Gasteiger partial charge in [-0.1, -0.05) is 5.16 Å². The van der Waals surface area contributed by atoms with Crippen LogP contribution in [-0.4, -0.2) is 44.8 Å². The highest BCUT2D eigenvalue weighted by atomic mass is 16.6. The number of aromatic nitrogens is 3. The highest BCUT2D eigenvalue weighted by Crippen LogP contribution is 2.23. The molecule has 2 aromatic heterocycles. The fourth-order valence-electron chi connectivity index (χ4n) is 2.37. The molecule has 0 saturated carbocycles. The SMILES string of the molecule is CC(C)(C)OC(=O)N1CC(Cc2nc(-c3cccnc3)no2)C1. The van der Waals surface area contributed by atoms with Crippen LogP contribution < -0.4 is 0 Å². The van der Waals surface area contributed by atoms with Crippen LogP contribution in [-0.2, 0) is 11.2 Å². The van der Waals surface area contributed by atoms with Gasteiger partial charge < -0.3 is 14.2 Å². The Morgan fingerprint density at radius 3 is 2.87 bits per heavy atom. The Balaban J connectivity index is 1.51. The third kappa shape index (κ3) is 3.85. The third-order valence-corrected chi connectivity index (χ3v) is 3.46. The first-order chi connectivity index (χ1) is 10.9. The maximum Gasteiger partial charge on any atom is 0.410 e. The van der Waals surface area contributed by atoms with E-state index in [2.05, 4.69) is 15.1 Å². The number of carbonyl (C=O) groups is 1. The molecule has 2 aromatic rings.